The topological polar surface area (TPSA) is 75.7 Å². The second-order valence-electron chi connectivity index (χ2n) is 7.05. The predicted molar refractivity (Wildman–Crippen MR) is 113 cm³/mol. The minimum Gasteiger partial charge on any atom is -0.452 e. The summed E-state index contributed by atoms with van der Waals surface area (Å²) in [6.45, 7) is 5.65. The first-order valence-electron chi connectivity index (χ1n) is 9.42. The lowest BCUT2D eigenvalue weighted by Gasteiger charge is -2.40. The summed E-state index contributed by atoms with van der Waals surface area (Å²) in [6, 6.07) is 7.09. The van der Waals surface area contributed by atoms with Crippen molar-refractivity contribution in [3.63, 3.8) is 0 Å². The molecule has 1 fully saturated rings. The highest BCUT2D eigenvalue weighted by Gasteiger charge is 2.33. The number of hydrogen-bond acceptors (Lipinski definition) is 5. The van der Waals surface area contributed by atoms with Crippen LogP contribution in [-0.4, -0.2) is 52.4 Å². The molecule has 3 atom stereocenters. The van der Waals surface area contributed by atoms with E-state index in [0.29, 0.717) is 10.7 Å². The lowest BCUT2D eigenvalue weighted by molar-refractivity contribution is -0.160. The van der Waals surface area contributed by atoms with Gasteiger partial charge in [0, 0.05) is 22.8 Å². The van der Waals surface area contributed by atoms with Crippen LogP contribution in [0.3, 0.4) is 0 Å². The van der Waals surface area contributed by atoms with Gasteiger partial charge in [0.15, 0.2) is 6.10 Å². The molecule has 2 amide bonds. The summed E-state index contributed by atoms with van der Waals surface area (Å²) in [5, 5.41) is 3.31. The maximum Gasteiger partial charge on any atom is 0.316 e. The molecule has 1 aromatic rings. The number of rotatable bonds is 7. The fraction of sp³-hybridized carbons (Fsp3) is 0.550. The number of ether oxygens (including phenoxy) is 1. The van der Waals surface area contributed by atoms with Gasteiger partial charge in [-0.15, -0.1) is 11.8 Å². The molecule has 0 spiro atoms. The Labute approximate surface area is 175 Å². The third-order valence-corrected chi connectivity index (χ3v) is 5.84. The minimum atomic E-state index is -0.820. The average molecular weight is 427 g/mol. The van der Waals surface area contributed by atoms with Crippen molar-refractivity contribution in [3.05, 3.63) is 29.3 Å². The van der Waals surface area contributed by atoms with Gasteiger partial charge in [0.25, 0.3) is 5.91 Å². The van der Waals surface area contributed by atoms with Crippen LogP contribution >= 0.6 is 23.4 Å². The van der Waals surface area contributed by atoms with Crippen LogP contribution in [-0.2, 0) is 19.1 Å². The lowest BCUT2D eigenvalue weighted by atomic mass is 9.97. The summed E-state index contributed by atoms with van der Waals surface area (Å²) in [7, 11) is 0. The van der Waals surface area contributed by atoms with Crippen LogP contribution in [0.25, 0.3) is 0 Å². The van der Waals surface area contributed by atoms with E-state index in [4.69, 9.17) is 16.3 Å². The Balaban J connectivity index is 1.71. The Bertz CT molecular complexity index is 688. The van der Waals surface area contributed by atoms with E-state index in [9.17, 15) is 14.4 Å². The second-order valence-corrected chi connectivity index (χ2v) is 8.48. The smallest absolute Gasteiger partial charge is 0.316 e. The molecule has 1 aliphatic heterocycles. The van der Waals surface area contributed by atoms with E-state index in [1.165, 1.54) is 0 Å². The molecule has 0 aromatic heterocycles. The van der Waals surface area contributed by atoms with E-state index in [2.05, 4.69) is 5.32 Å². The van der Waals surface area contributed by atoms with Gasteiger partial charge >= 0.3 is 5.97 Å². The highest BCUT2D eigenvalue weighted by Crippen LogP contribution is 2.23. The number of halogens is 1. The van der Waals surface area contributed by atoms with Crippen LogP contribution in [0.1, 0.15) is 40.0 Å². The van der Waals surface area contributed by atoms with Crippen LogP contribution in [0.2, 0.25) is 5.02 Å². The number of likely N-dealkylation sites (tertiary alicyclic amines) is 1. The first-order chi connectivity index (χ1) is 13.3. The van der Waals surface area contributed by atoms with E-state index < -0.39 is 12.1 Å². The van der Waals surface area contributed by atoms with E-state index in [1.54, 1.807) is 31.2 Å². The molecule has 1 heterocycles. The second kappa shape index (κ2) is 10.7. The normalized spacial score (nSPS) is 20.4. The number of piperidine rings is 1. The molecule has 1 N–H and O–H groups in total. The molecule has 1 saturated heterocycles. The molecular formula is C20H27ClN2O4S. The Kier molecular flexibility index (Phi) is 8.63. The summed E-state index contributed by atoms with van der Waals surface area (Å²) in [5.41, 5.74) is 0.640. The molecule has 1 aromatic carbocycles. The molecule has 1 aliphatic rings. The SMILES string of the molecule is C[C@@H]1CCC[C@@H](C)N1C(=O)[C@@H](C)OC(=O)CSCC(=O)Nc1ccc(Cl)cc1. The molecule has 28 heavy (non-hydrogen) atoms. The van der Waals surface area contributed by atoms with Gasteiger partial charge in [-0.25, -0.2) is 0 Å². The third-order valence-electron chi connectivity index (χ3n) is 4.69. The van der Waals surface area contributed by atoms with Crippen LogP contribution in [0, 0.1) is 0 Å². The molecule has 154 valence electrons. The van der Waals surface area contributed by atoms with E-state index in [-0.39, 0.29) is 35.4 Å². The van der Waals surface area contributed by atoms with E-state index in [0.717, 1.165) is 31.0 Å². The van der Waals surface area contributed by atoms with Crippen molar-refractivity contribution in [3.8, 4) is 0 Å². The van der Waals surface area contributed by atoms with Gasteiger partial charge in [0.1, 0.15) is 0 Å². The summed E-state index contributed by atoms with van der Waals surface area (Å²) in [4.78, 5) is 38.4. The molecule has 2 rings (SSSR count). The molecule has 0 aliphatic carbocycles. The third kappa shape index (κ3) is 6.71. The highest BCUT2D eigenvalue weighted by atomic mass is 35.5. The number of thioether (sulfide) groups is 1. The number of esters is 1. The Morgan fingerprint density at radius 2 is 1.79 bits per heavy atom. The number of anilines is 1. The lowest BCUT2D eigenvalue weighted by Crippen LogP contribution is -2.51. The average Bonchev–Trinajstić information content (AvgIpc) is 2.63. The van der Waals surface area contributed by atoms with Crippen molar-refractivity contribution in [2.75, 3.05) is 16.8 Å². The summed E-state index contributed by atoms with van der Waals surface area (Å²) >= 11 is 6.95. The first kappa shape index (κ1) is 22.6. The maximum absolute atomic E-state index is 12.6. The predicted octanol–water partition coefficient (Wildman–Crippen LogP) is 3.73. The quantitative estimate of drug-likeness (QED) is 0.672. The van der Waals surface area contributed by atoms with Crippen LogP contribution in [0.15, 0.2) is 24.3 Å². The number of hydrogen-bond donors (Lipinski definition) is 1. The number of carbonyl (C=O) groups excluding carboxylic acids is 3. The van der Waals surface area contributed by atoms with Crippen LogP contribution < -0.4 is 5.32 Å². The van der Waals surface area contributed by atoms with Gasteiger partial charge in [0.2, 0.25) is 5.91 Å². The molecular weight excluding hydrogens is 400 g/mol. The zero-order valence-corrected chi connectivity index (χ0v) is 18.0. The molecule has 0 bridgehead atoms. The monoisotopic (exact) mass is 426 g/mol. The fourth-order valence-corrected chi connectivity index (χ4v) is 4.02. The molecule has 0 unspecified atom stereocenters. The fourth-order valence-electron chi connectivity index (χ4n) is 3.30. The van der Waals surface area contributed by atoms with Gasteiger partial charge in [-0.1, -0.05) is 11.6 Å². The largest absolute Gasteiger partial charge is 0.452 e. The zero-order valence-electron chi connectivity index (χ0n) is 16.4. The molecule has 0 radical (unpaired) electrons. The van der Waals surface area contributed by atoms with Crippen molar-refractivity contribution in [1.82, 2.24) is 4.90 Å². The number of benzene rings is 1. The summed E-state index contributed by atoms with van der Waals surface area (Å²) in [5.74, 6) is -0.752. The van der Waals surface area contributed by atoms with Gasteiger partial charge in [-0.2, -0.15) is 0 Å². The van der Waals surface area contributed by atoms with Gasteiger partial charge < -0.3 is 15.0 Å². The highest BCUT2D eigenvalue weighted by molar-refractivity contribution is 8.00. The van der Waals surface area contributed by atoms with E-state index >= 15 is 0 Å². The van der Waals surface area contributed by atoms with Crippen molar-refractivity contribution >= 4 is 46.8 Å². The number of nitrogens with one attached hydrogen (secondary N) is 1. The van der Waals surface area contributed by atoms with Crippen molar-refractivity contribution in [2.45, 2.75) is 58.2 Å². The van der Waals surface area contributed by atoms with Gasteiger partial charge in [-0.05, 0) is 64.3 Å². The number of amides is 2. The first-order valence-corrected chi connectivity index (χ1v) is 11.0. The summed E-state index contributed by atoms with van der Waals surface area (Å²) < 4.78 is 5.28. The van der Waals surface area contributed by atoms with Gasteiger partial charge in [0.05, 0.1) is 11.5 Å². The minimum absolute atomic E-state index is 0.0107. The van der Waals surface area contributed by atoms with Crippen molar-refractivity contribution < 1.29 is 19.1 Å². The number of carbonyl (C=O) groups is 3. The van der Waals surface area contributed by atoms with Crippen LogP contribution in [0.4, 0.5) is 5.69 Å². The zero-order chi connectivity index (χ0) is 20.7. The Hall–Kier alpha value is -1.73. The molecule has 6 nitrogen and oxygen atoms in total. The van der Waals surface area contributed by atoms with Crippen molar-refractivity contribution in [1.29, 1.82) is 0 Å². The summed E-state index contributed by atoms with van der Waals surface area (Å²) in [6.07, 6.45) is 2.22. The Morgan fingerprint density at radius 1 is 1.18 bits per heavy atom. The van der Waals surface area contributed by atoms with Crippen LogP contribution in [0.5, 0.6) is 0 Å². The number of nitrogens with zero attached hydrogens (tertiary/aromatic N) is 1. The standard InChI is InChI=1S/C20H27ClN2O4S/c1-13-5-4-6-14(2)23(13)20(26)15(3)27-19(25)12-28-11-18(24)22-17-9-7-16(21)8-10-17/h7-10,13-15H,4-6,11-12H2,1-3H3,(H,22,24)/t13-,14-,15-/m1/s1. The van der Waals surface area contributed by atoms with Crippen molar-refractivity contribution in [2.24, 2.45) is 0 Å². The maximum atomic E-state index is 12.6. The molecule has 8 heteroatoms. The molecule has 0 saturated carbocycles. The Morgan fingerprint density at radius 3 is 2.39 bits per heavy atom. The van der Waals surface area contributed by atoms with Gasteiger partial charge in [-0.3, -0.25) is 14.4 Å². The van der Waals surface area contributed by atoms with E-state index in [1.807, 2.05) is 18.7 Å².